The Balaban J connectivity index is 1.11. The molecule has 3 heterocycles. The van der Waals surface area contributed by atoms with Gasteiger partial charge in [-0.05, 0) is 61.9 Å². The number of rotatable bonds is 7. The highest BCUT2D eigenvalue weighted by molar-refractivity contribution is 5.97. The third-order valence-electron chi connectivity index (χ3n) is 8.84. The van der Waals surface area contributed by atoms with E-state index in [2.05, 4.69) is 9.80 Å². The molecule has 40 heavy (non-hydrogen) atoms. The van der Waals surface area contributed by atoms with Crippen molar-refractivity contribution in [3.05, 3.63) is 65.2 Å². The van der Waals surface area contributed by atoms with Gasteiger partial charge in [0.25, 0.3) is 5.91 Å². The summed E-state index contributed by atoms with van der Waals surface area (Å²) in [5.41, 5.74) is 3.79. The molecule has 0 spiro atoms. The number of para-hydroxylation sites is 1. The predicted octanol–water partition coefficient (Wildman–Crippen LogP) is 4.35. The second-order valence-corrected chi connectivity index (χ2v) is 11.7. The first-order valence-electron chi connectivity index (χ1n) is 14.7. The van der Waals surface area contributed by atoms with Crippen molar-refractivity contribution >= 4 is 23.6 Å². The van der Waals surface area contributed by atoms with Crippen LogP contribution in [-0.2, 0) is 9.53 Å². The van der Waals surface area contributed by atoms with Crippen molar-refractivity contribution in [2.45, 2.75) is 46.1 Å². The number of hydrogen-bond acceptors (Lipinski definition) is 5. The van der Waals surface area contributed by atoms with Crippen molar-refractivity contribution in [1.82, 2.24) is 14.7 Å². The van der Waals surface area contributed by atoms with Crippen LogP contribution >= 0.6 is 0 Å². The van der Waals surface area contributed by atoms with Gasteiger partial charge in [0.05, 0.1) is 0 Å². The molecule has 0 saturated carbocycles. The second-order valence-electron chi connectivity index (χ2n) is 11.7. The third kappa shape index (κ3) is 6.33. The smallest absolute Gasteiger partial charge is 0.414 e. The Hall–Kier alpha value is -3.39. The summed E-state index contributed by atoms with van der Waals surface area (Å²) in [5.74, 6) is 1.25. The normalized spacial score (nSPS) is 21.4. The Morgan fingerprint density at radius 1 is 0.850 bits per heavy atom. The van der Waals surface area contributed by atoms with Crippen molar-refractivity contribution in [2.75, 3.05) is 57.3 Å². The van der Waals surface area contributed by atoms with Crippen LogP contribution in [0.3, 0.4) is 0 Å². The molecule has 214 valence electrons. The summed E-state index contributed by atoms with van der Waals surface area (Å²) in [7, 11) is 0. The lowest BCUT2D eigenvalue weighted by Crippen LogP contribution is -2.43. The minimum absolute atomic E-state index is 0.0717. The van der Waals surface area contributed by atoms with Gasteiger partial charge in [-0.2, -0.15) is 0 Å². The fourth-order valence-corrected chi connectivity index (χ4v) is 6.63. The molecule has 5 rings (SSSR count). The zero-order valence-corrected chi connectivity index (χ0v) is 24.1. The molecule has 2 atom stereocenters. The van der Waals surface area contributed by atoms with Crippen LogP contribution in [-0.4, -0.2) is 91.1 Å². The van der Waals surface area contributed by atoms with Crippen LogP contribution in [0.1, 0.15) is 47.7 Å². The number of piperidine rings is 1. The molecule has 3 aliphatic heterocycles. The van der Waals surface area contributed by atoms with Gasteiger partial charge in [-0.3, -0.25) is 14.5 Å². The number of hydrogen-bond donors (Lipinski definition) is 0. The first kappa shape index (κ1) is 28.1. The minimum atomic E-state index is -0.314. The summed E-state index contributed by atoms with van der Waals surface area (Å²) in [4.78, 5) is 46.3. The molecule has 0 bridgehead atoms. The van der Waals surface area contributed by atoms with E-state index in [1.807, 2.05) is 67.3 Å². The number of ether oxygens (including phenoxy) is 1. The molecule has 2 aromatic carbocycles. The summed E-state index contributed by atoms with van der Waals surface area (Å²) in [6.07, 6.45) is 1.71. The number of carbonyl (C=O) groups excluding carboxylic acids is 3. The fraction of sp³-hybridized carbons (Fsp3) is 0.531. The summed E-state index contributed by atoms with van der Waals surface area (Å²) >= 11 is 0. The number of anilines is 1. The molecule has 3 saturated heterocycles. The first-order valence-corrected chi connectivity index (χ1v) is 14.7. The lowest BCUT2D eigenvalue weighted by atomic mass is 10.0. The van der Waals surface area contributed by atoms with Crippen LogP contribution in [0.15, 0.2) is 48.5 Å². The van der Waals surface area contributed by atoms with Gasteiger partial charge >= 0.3 is 6.09 Å². The molecular formula is C32H42N4O4. The highest BCUT2D eigenvalue weighted by Crippen LogP contribution is 2.33. The molecule has 0 aromatic heterocycles. The molecule has 2 unspecified atom stereocenters. The number of nitrogens with zero attached hydrogens (tertiary/aromatic N) is 4. The van der Waals surface area contributed by atoms with E-state index in [1.54, 1.807) is 11.8 Å². The Labute approximate surface area is 237 Å². The zero-order chi connectivity index (χ0) is 28.2. The summed E-state index contributed by atoms with van der Waals surface area (Å²) in [5, 5.41) is 0. The number of benzene rings is 2. The lowest BCUT2D eigenvalue weighted by molar-refractivity contribution is -0.130. The Kier molecular flexibility index (Phi) is 8.74. The van der Waals surface area contributed by atoms with Crippen molar-refractivity contribution < 1.29 is 19.1 Å². The molecule has 8 nitrogen and oxygen atoms in total. The minimum Gasteiger partial charge on any atom is -0.446 e. The molecular weight excluding hydrogens is 504 g/mol. The van der Waals surface area contributed by atoms with Gasteiger partial charge in [-0.25, -0.2) is 4.79 Å². The van der Waals surface area contributed by atoms with Gasteiger partial charge in [-0.15, -0.1) is 0 Å². The fourth-order valence-electron chi connectivity index (χ4n) is 6.63. The van der Waals surface area contributed by atoms with Crippen molar-refractivity contribution in [3.8, 4) is 0 Å². The zero-order valence-electron chi connectivity index (χ0n) is 24.1. The number of fused-ring (bicyclic) bond motifs is 1. The second kappa shape index (κ2) is 12.4. The van der Waals surface area contributed by atoms with E-state index in [9.17, 15) is 14.4 Å². The molecule has 8 heteroatoms. The first-order chi connectivity index (χ1) is 19.3. The van der Waals surface area contributed by atoms with E-state index in [-0.39, 0.29) is 24.0 Å². The van der Waals surface area contributed by atoms with E-state index in [0.717, 1.165) is 61.5 Å². The van der Waals surface area contributed by atoms with E-state index >= 15 is 0 Å². The standard InChI is InChI=1S/C32H42N4O4/c1-23-9-7-10-24(2)30(23)31(38)35-21-26-19-33(20-27(26)22-35)15-8-16-36(28-11-5-4-6-12-28)32(39)40-29-13-17-34(18-14-29)25(3)37/h4-7,9-12,26-27,29H,8,13-22H2,1-3H3. The monoisotopic (exact) mass is 546 g/mol. The lowest BCUT2D eigenvalue weighted by Gasteiger charge is -2.32. The van der Waals surface area contributed by atoms with E-state index in [4.69, 9.17) is 4.74 Å². The number of likely N-dealkylation sites (tertiary alicyclic amines) is 3. The van der Waals surface area contributed by atoms with Crippen LogP contribution in [0.25, 0.3) is 0 Å². The molecule has 0 radical (unpaired) electrons. The van der Waals surface area contributed by atoms with E-state index in [1.165, 1.54) is 0 Å². The molecule has 2 aromatic rings. The van der Waals surface area contributed by atoms with Crippen LogP contribution in [0, 0.1) is 25.7 Å². The van der Waals surface area contributed by atoms with Gasteiger partial charge < -0.3 is 19.4 Å². The third-order valence-corrected chi connectivity index (χ3v) is 8.84. The largest absolute Gasteiger partial charge is 0.446 e. The maximum absolute atomic E-state index is 13.3. The Morgan fingerprint density at radius 3 is 2.08 bits per heavy atom. The van der Waals surface area contributed by atoms with Crippen LogP contribution in [0.5, 0.6) is 0 Å². The molecule has 3 amide bonds. The SMILES string of the molecule is CC(=O)N1CCC(OC(=O)N(CCCN2CC3CN(C(=O)c4c(C)cccc4C)CC3C2)c2ccccc2)CC1. The number of carbonyl (C=O) groups is 3. The number of aryl methyl sites for hydroxylation is 2. The molecule has 0 aliphatic carbocycles. The average Bonchev–Trinajstić information content (AvgIpc) is 3.51. The maximum Gasteiger partial charge on any atom is 0.414 e. The van der Waals surface area contributed by atoms with Gasteiger partial charge in [0.2, 0.25) is 5.91 Å². The van der Waals surface area contributed by atoms with Gasteiger partial charge in [0, 0.05) is 76.8 Å². The number of amides is 3. The van der Waals surface area contributed by atoms with Crippen LogP contribution < -0.4 is 4.90 Å². The van der Waals surface area contributed by atoms with E-state index in [0.29, 0.717) is 44.3 Å². The predicted molar refractivity (Wildman–Crippen MR) is 155 cm³/mol. The maximum atomic E-state index is 13.3. The molecule has 3 aliphatic rings. The van der Waals surface area contributed by atoms with Crippen molar-refractivity contribution in [3.63, 3.8) is 0 Å². The quantitative estimate of drug-likeness (QED) is 0.516. The van der Waals surface area contributed by atoms with Crippen molar-refractivity contribution in [2.24, 2.45) is 11.8 Å². The molecule has 3 fully saturated rings. The van der Waals surface area contributed by atoms with Gasteiger partial charge in [0.1, 0.15) is 6.10 Å². The highest BCUT2D eigenvalue weighted by Gasteiger charge is 2.42. The Bertz CT molecular complexity index is 1180. The topological polar surface area (TPSA) is 73.4 Å². The van der Waals surface area contributed by atoms with Gasteiger partial charge in [0.15, 0.2) is 0 Å². The molecule has 0 N–H and O–H groups in total. The Morgan fingerprint density at radius 2 is 1.48 bits per heavy atom. The van der Waals surface area contributed by atoms with Gasteiger partial charge in [-0.1, -0.05) is 36.4 Å². The summed E-state index contributed by atoms with van der Waals surface area (Å²) in [6, 6.07) is 15.8. The van der Waals surface area contributed by atoms with Crippen LogP contribution in [0.4, 0.5) is 10.5 Å². The van der Waals surface area contributed by atoms with E-state index < -0.39 is 0 Å². The highest BCUT2D eigenvalue weighted by atomic mass is 16.6. The van der Waals surface area contributed by atoms with Crippen LogP contribution in [0.2, 0.25) is 0 Å². The average molecular weight is 547 g/mol. The summed E-state index contributed by atoms with van der Waals surface area (Å²) < 4.78 is 5.90. The van der Waals surface area contributed by atoms with Crippen molar-refractivity contribution in [1.29, 1.82) is 0 Å². The summed E-state index contributed by atoms with van der Waals surface area (Å²) in [6.45, 7) is 12.0.